The summed E-state index contributed by atoms with van der Waals surface area (Å²) in [5, 5.41) is 0. The Bertz CT molecular complexity index is 354. The molecule has 1 aliphatic carbocycles. The molecule has 1 spiro atoms. The lowest BCUT2D eigenvalue weighted by molar-refractivity contribution is -0.154. The fraction of sp³-hybridized carbons (Fsp3) is 0.786. The Morgan fingerprint density at radius 3 is 2.88 bits per heavy atom. The highest BCUT2D eigenvalue weighted by Gasteiger charge is 2.61. The minimum Gasteiger partial charge on any atom is -0.461 e. The molecule has 0 amide bonds. The van der Waals surface area contributed by atoms with E-state index in [0.29, 0.717) is 24.4 Å². The summed E-state index contributed by atoms with van der Waals surface area (Å²) in [5.74, 6) is 1.37. The van der Waals surface area contributed by atoms with Crippen molar-refractivity contribution < 1.29 is 14.3 Å². The molecule has 2 fully saturated rings. The number of allylic oxidation sites excluding steroid dienone is 1. The van der Waals surface area contributed by atoms with Crippen LogP contribution in [-0.2, 0) is 14.3 Å². The lowest BCUT2D eigenvalue weighted by Gasteiger charge is -2.40. The number of carbonyl (C=O) groups is 1. The molecule has 0 aromatic heterocycles. The normalized spacial score (nSPS) is 44.4. The van der Waals surface area contributed by atoms with Crippen molar-refractivity contribution in [3.05, 3.63) is 12.2 Å². The smallest absolute Gasteiger partial charge is 0.312 e. The minimum atomic E-state index is -0.179. The number of carbonyl (C=O) groups excluding carboxylic acids is 1. The summed E-state index contributed by atoms with van der Waals surface area (Å²) in [7, 11) is 0. The van der Waals surface area contributed by atoms with Gasteiger partial charge in [0.05, 0.1) is 12.5 Å². The molecular weight excluding hydrogens is 216 g/mol. The van der Waals surface area contributed by atoms with Crippen LogP contribution >= 0.6 is 0 Å². The van der Waals surface area contributed by atoms with E-state index in [-0.39, 0.29) is 17.5 Å². The number of ether oxygens (including phenoxy) is 2. The van der Waals surface area contributed by atoms with E-state index >= 15 is 0 Å². The molecule has 3 rings (SSSR count). The average Bonchev–Trinajstić information content (AvgIpc) is 3.05. The minimum absolute atomic E-state index is 0.0529. The third-order valence-electron chi connectivity index (χ3n) is 4.65. The highest BCUT2D eigenvalue weighted by molar-refractivity contribution is 5.76. The zero-order valence-electron chi connectivity index (χ0n) is 10.5. The van der Waals surface area contributed by atoms with Crippen LogP contribution in [-0.4, -0.2) is 24.8 Å². The van der Waals surface area contributed by atoms with Crippen LogP contribution in [0.15, 0.2) is 12.2 Å². The molecule has 1 unspecified atom stereocenters. The second-order valence-electron chi connectivity index (χ2n) is 5.91. The Kier molecular flexibility index (Phi) is 2.54. The highest BCUT2D eigenvalue weighted by atomic mass is 16.6. The van der Waals surface area contributed by atoms with Crippen LogP contribution in [0.5, 0.6) is 0 Å². The van der Waals surface area contributed by atoms with Crippen molar-refractivity contribution in [2.45, 2.75) is 32.3 Å². The van der Waals surface area contributed by atoms with E-state index in [4.69, 9.17) is 9.47 Å². The van der Waals surface area contributed by atoms with Crippen molar-refractivity contribution in [1.29, 1.82) is 0 Å². The molecule has 0 aromatic carbocycles. The maximum absolute atomic E-state index is 12.1. The van der Waals surface area contributed by atoms with E-state index < -0.39 is 0 Å². The SMILES string of the molecule is CC(C)C1CC[C@@]2(CO2)[C@H]2C(=O)OCC=C[C@H]12. The van der Waals surface area contributed by atoms with Crippen LogP contribution in [0, 0.1) is 23.7 Å². The third-order valence-corrected chi connectivity index (χ3v) is 4.65. The molecule has 0 bridgehead atoms. The summed E-state index contributed by atoms with van der Waals surface area (Å²) < 4.78 is 10.9. The summed E-state index contributed by atoms with van der Waals surface area (Å²) in [6.07, 6.45) is 6.37. The topological polar surface area (TPSA) is 38.8 Å². The lowest BCUT2D eigenvalue weighted by Crippen LogP contribution is -2.45. The molecular formula is C14H20O3. The molecule has 1 saturated carbocycles. The molecule has 3 aliphatic rings. The van der Waals surface area contributed by atoms with Gasteiger partial charge < -0.3 is 9.47 Å². The summed E-state index contributed by atoms with van der Waals surface area (Å²) in [6.45, 7) is 5.66. The number of rotatable bonds is 1. The molecule has 3 heteroatoms. The average molecular weight is 236 g/mol. The monoisotopic (exact) mass is 236 g/mol. The number of esters is 1. The van der Waals surface area contributed by atoms with Gasteiger partial charge in [-0.2, -0.15) is 0 Å². The van der Waals surface area contributed by atoms with Crippen LogP contribution in [0.4, 0.5) is 0 Å². The quantitative estimate of drug-likeness (QED) is 0.398. The zero-order chi connectivity index (χ0) is 12.0. The molecule has 0 aromatic rings. The predicted molar refractivity (Wildman–Crippen MR) is 63.3 cm³/mol. The fourth-order valence-electron chi connectivity index (χ4n) is 3.61. The van der Waals surface area contributed by atoms with E-state index in [1.54, 1.807) is 0 Å². The number of fused-ring (bicyclic) bond motifs is 2. The van der Waals surface area contributed by atoms with Crippen molar-refractivity contribution in [2.24, 2.45) is 23.7 Å². The van der Waals surface area contributed by atoms with Crippen LogP contribution in [0.25, 0.3) is 0 Å². The Balaban J connectivity index is 1.94. The van der Waals surface area contributed by atoms with Gasteiger partial charge in [0.2, 0.25) is 0 Å². The molecule has 0 radical (unpaired) electrons. The van der Waals surface area contributed by atoms with Gasteiger partial charge in [-0.1, -0.05) is 26.0 Å². The summed E-state index contributed by atoms with van der Waals surface area (Å²) in [5.41, 5.74) is -0.179. The second-order valence-corrected chi connectivity index (χ2v) is 5.91. The highest BCUT2D eigenvalue weighted by Crippen LogP contribution is 2.53. The molecule has 94 valence electrons. The van der Waals surface area contributed by atoms with Gasteiger partial charge in [0, 0.05) is 0 Å². The van der Waals surface area contributed by atoms with Crippen molar-refractivity contribution in [2.75, 3.05) is 13.2 Å². The van der Waals surface area contributed by atoms with E-state index in [1.807, 2.05) is 6.08 Å². The molecule has 17 heavy (non-hydrogen) atoms. The molecule has 4 atom stereocenters. The van der Waals surface area contributed by atoms with Crippen molar-refractivity contribution in [3.63, 3.8) is 0 Å². The molecule has 3 nitrogen and oxygen atoms in total. The Morgan fingerprint density at radius 1 is 1.47 bits per heavy atom. The molecule has 1 saturated heterocycles. The van der Waals surface area contributed by atoms with Gasteiger partial charge in [-0.3, -0.25) is 4.79 Å². The standard InChI is InChI=1S/C14H20O3/c1-9(2)10-5-6-14(8-17-14)12-11(10)4-3-7-16-13(12)15/h3-4,9-12H,5-8H2,1-2H3/t10?,11-,12-,14-/m1/s1. The number of hydrogen-bond donors (Lipinski definition) is 0. The second kappa shape index (κ2) is 3.84. The summed E-state index contributed by atoms with van der Waals surface area (Å²) >= 11 is 0. The van der Waals surface area contributed by atoms with Crippen LogP contribution in [0.2, 0.25) is 0 Å². The fourth-order valence-corrected chi connectivity index (χ4v) is 3.61. The predicted octanol–water partition coefficient (Wildman–Crippen LogP) is 2.17. The van der Waals surface area contributed by atoms with Crippen molar-refractivity contribution >= 4 is 5.97 Å². The Morgan fingerprint density at radius 2 is 2.24 bits per heavy atom. The zero-order valence-corrected chi connectivity index (χ0v) is 10.5. The largest absolute Gasteiger partial charge is 0.461 e. The van der Waals surface area contributed by atoms with E-state index in [2.05, 4.69) is 19.9 Å². The van der Waals surface area contributed by atoms with Crippen molar-refractivity contribution in [1.82, 2.24) is 0 Å². The van der Waals surface area contributed by atoms with Gasteiger partial charge >= 0.3 is 5.97 Å². The first-order chi connectivity index (χ1) is 8.14. The van der Waals surface area contributed by atoms with E-state index in [1.165, 1.54) is 0 Å². The maximum atomic E-state index is 12.1. The van der Waals surface area contributed by atoms with Gasteiger partial charge in [-0.15, -0.1) is 0 Å². The van der Waals surface area contributed by atoms with Gasteiger partial charge in [-0.05, 0) is 30.6 Å². The van der Waals surface area contributed by atoms with Crippen LogP contribution < -0.4 is 0 Å². The van der Waals surface area contributed by atoms with Crippen LogP contribution in [0.1, 0.15) is 26.7 Å². The van der Waals surface area contributed by atoms with Gasteiger partial charge in [0.1, 0.15) is 12.2 Å². The van der Waals surface area contributed by atoms with Crippen molar-refractivity contribution in [3.8, 4) is 0 Å². The maximum Gasteiger partial charge on any atom is 0.312 e. The summed E-state index contributed by atoms with van der Waals surface area (Å²) in [6, 6.07) is 0. The summed E-state index contributed by atoms with van der Waals surface area (Å²) in [4.78, 5) is 12.1. The number of epoxide rings is 1. The third kappa shape index (κ3) is 1.71. The molecule has 2 heterocycles. The van der Waals surface area contributed by atoms with E-state index in [9.17, 15) is 4.79 Å². The molecule has 0 N–H and O–H groups in total. The Hall–Kier alpha value is -0.830. The van der Waals surface area contributed by atoms with Gasteiger partial charge in [-0.25, -0.2) is 0 Å². The number of hydrogen-bond acceptors (Lipinski definition) is 3. The van der Waals surface area contributed by atoms with Gasteiger partial charge in [0.15, 0.2) is 0 Å². The number of cyclic esters (lactones) is 1. The first-order valence-electron chi connectivity index (χ1n) is 6.61. The first-order valence-corrected chi connectivity index (χ1v) is 6.61. The lowest BCUT2D eigenvalue weighted by atomic mass is 9.63. The molecule has 2 aliphatic heterocycles. The van der Waals surface area contributed by atoms with E-state index in [0.717, 1.165) is 19.4 Å². The van der Waals surface area contributed by atoms with Crippen LogP contribution in [0.3, 0.4) is 0 Å². The van der Waals surface area contributed by atoms with Gasteiger partial charge in [0.25, 0.3) is 0 Å². The Labute approximate surface area is 102 Å². The first kappa shape index (κ1) is 11.3.